The fourth-order valence-electron chi connectivity index (χ4n) is 1.63. The molecule has 1 rings (SSSR count). The van der Waals surface area contributed by atoms with Crippen LogP contribution in [0.5, 0.6) is 0 Å². The summed E-state index contributed by atoms with van der Waals surface area (Å²) in [7, 11) is 1.61. The Bertz CT molecular complexity index is 486. The molecule has 19 heavy (non-hydrogen) atoms. The van der Waals surface area contributed by atoms with E-state index < -0.39 is 12.0 Å². The van der Waals surface area contributed by atoms with Crippen molar-refractivity contribution in [2.75, 3.05) is 18.9 Å². The summed E-state index contributed by atoms with van der Waals surface area (Å²) in [5.41, 5.74) is 2.89. The SMILES string of the molecule is Cc1cccc(NC(=O)CN(C)C(C)C(=O)O)c1C. The van der Waals surface area contributed by atoms with Crippen molar-refractivity contribution >= 4 is 17.6 Å². The first-order valence-corrected chi connectivity index (χ1v) is 6.12. The molecule has 2 N–H and O–H groups in total. The Labute approximate surface area is 113 Å². The third kappa shape index (κ3) is 4.06. The Balaban J connectivity index is 2.66. The van der Waals surface area contributed by atoms with Crippen LogP contribution in [0.1, 0.15) is 18.1 Å². The number of carbonyl (C=O) groups excluding carboxylic acids is 1. The van der Waals surface area contributed by atoms with Crippen LogP contribution >= 0.6 is 0 Å². The third-order valence-corrected chi connectivity index (χ3v) is 3.29. The molecule has 5 heteroatoms. The average molecular weight is 264 g/mol. The lowest BCUT2D eigenvalue weighted by atomic mass is 10.1. The molecule has 5 nitrogen and oxygen atoms in total. The molecular weight excluding hydrogens is 244 g/mol. The lowest BCUT2D eigenvalue weighted by Crippen LogP contribution is -2.40. The highest BCUT2D eigenvalue weighted by Crippen LogP contribution is 2.17. The minimum absolute atomic E-state index is 0.0425. The van der Waals surface area contributed by atoms with Crippen LogP contribution < -0.4 is 5.32 Å². The van der Waals surface area contributed by atoms with Gasteiger partial charge in [0.2, 0.25) is 5.91 Å². The largest absolute Gasteiger partial charge is 0.480 e. The van der Waals surface area contributed by atoms with Gasteiger partial charge in [-0.25, -0.2) is 0 Å². The summed E-state index contributed by atoms with van der Waals surface area (Å²) < 4.78 is 0. The van der Waals surface area contributed by atoms with Gasteiger partial charge in [0.05, 0.1) is 6.54 Å². The summed E-state index contributed by atoms with van der Waals surface area (Å²) in [6, 6.07) is 5.00. The minimum Gasteiger partial charge on any atom is -0.480 e. The normalized spacial score (nSPS) is 12.3. The number of anilines is 1. The Hall–Kier alpha value is -1.88. The summed E-state index contributed by atoms with van der Waals surface area (Å²) in [5, 5.41) is 11.7. The van der Waals surface area contributed by atoms with Crippen LogP contribution in [-0.4, -0.2) is 41.5 Å². The van der Waals surface area contributed by atoms with Gasteiger partial charge in [-0.1, -0.05) is 12.1 Å². The average Bonchev–Trinajstić information content (AvgIpc) is 2.33. The van der Waals surface area contributed by atoms with Gasteiger partial charge in [0.1, 0.15) is 6.04 Å². The van der Waals surface area contributed by atoms with Crippen LogP contribution in [0.3, 0.4) is 0 Å². The zero-order valence-electron chi connectivity index (χ0n) is 11.7. The number of rotatable bonds is 5. The molecule has 0 fully saturated rings. The van der Waals surface area contributed by atoms with Crippen molar-refractivity contribution < 1.29 is 14.7 Å². The Morgan fingerprint density at radius 2 is 2.00 bits per heavy atom. The number of likely N-dealkylation sites (N-methyl/N-ethyl adjacent to an activating group) is 1. The second kappa shape index (κ2) is 6.33. The fraction of sp³-hybridized carbons (Fsp3) is 0.429. The van der Waals surface area contributed by atoms with Gasteiger partial charge in [0.25, 0.3) is 0 Å². The lowest BCUT2D eigenvalue weighted by molar-refractivity contribution is -0.142. The molecule has 0 aliphatic rings. The van der Waals surface area contributed by atoms with E-state index in [1.807, 2.05) is 32.0 Å². The lowest BCUT2D eigenvalue weighted by Gasteiger charge is -2.20. The molecule has 0 bridgehead atoms. The highest BCUT2D eigenvalue weighted by molar-refractivity contribution is 5.93. The maximum absolute atomic E-state index is 11.9. The Morgan fingerprint density at radius 3 is 2.58 bits per heavy atom. The second-order valence-corrected chi connectivity index (χ2v) is 4.72. The van der Waals surface area contributed by atoms with E-state index in [4.69, 9.17) is 5.11 Å². The van der Waals surface area contributed by atoms with E-state index in [2.05, 4.69) is 5.32 Å². The van der Waals surface area contributed by atoms with Crippen LogP contribution in [0.25, 0.3) is 0 Å². The number of nitrogens with one attached hydrogen (secondary N) is 1. The van der Waals surface area contributed by atoms with Crippen LogP contribution in [0.15, 0.2) is 18.2 Å². The molecule has 0 aromatic heterocycles. The molecule has 104 valence electrons. The molecular formula is C14H20N2O3. The Morgan fingerprint density at radius 1 is 1.37 bits per heavy atom. The van der Waals surface area contributed by atoms with E-state index in [0.29, 0.717) is 0 Å². The first kappa shape index (κ1) is 15.2. The molecule has 0 spiro atoms. The van der Waals surface area contributed by atoms with Gasteiger partial charge in [-0.05, 0) is 45.0 Å². The zero-order valence-corrected chi connectivity index (χ0v) is 11.7. The van der Waals surface area contributed by atoms with Crippen molar-refractivity contribution in [3.05, 3.63) is 29.3 Å². The zero-order chi connectivity index (χ0) is 14.6. The monoisotopic (exact) mass is 264 g/mol. The number of benzene rings is 1. The number of carboxylic acids is 1. The van der Waals surface area contributed by atoms with Crippen molar-refractivity contribution in [2.45, 2.75) is 26.8 Å². The predicted molar refractivity (Wildman–Crippen MR) is 74.3 cm³/mol. The number of carboxylic acid groups (broad SMARTS) is 1. The molecule has 0 saturated carbocycles. The smallest absolute Gasteiger partial charge is 0.320 e. The molecule has 1 aromatic rings. The van der Waals surface area contributed by atoms with E-state index in [9.17, 15) is 9.59 Å². The van der Waals surface area contributed by atoms with Gasteiger partial charge in [0.15, 0.2) is 0 Å². The third-order valence-electron chi connectivity index (χ3n) is 3.29. The van der Waals surface area contributed by atoms with Gasteiger partial charge in [-0.3, -0.25) is 14.5 Å². The number of nitrogens with zero attached hydrogens (tertiary/aromatic N) is 1. The summed E-state index contributed by atoms with van der Waals surface area (Å²) in [6.45, 7) is 5.51. The van der Waals surface area contributed by atoms with Crippen LogP contribution in [0.4, 0.5) is 5.69 Å². The molecule has 1 amide bonds. The van der Waals surface area contributed by atoms with Crippen molar-refractivity contribution in [3.63, 3.8) is 0 Å². The standard InChI is InChI=1S/C14H20N2O3/c1-9-6-5-7-12(10(9)2)15-13(17)8-16(4)11(3)14(18)19/h5-7,11H,8H2,1-4H3,(H,15,17)(H,18,19). The fourth-order valence-corrected chi connectivity index (χ4v) is 1.63. The number of hydrogen-bond donors (Lipinski definition) is 2. The predicted octanol–water partition coefficient (Wildman–Crippen LogP) is 1.65. The van der Waals surface area contributed by atoms with E-state index in [-0.39, 0.29) is 12.5 Å². The van der Waals surface area contributed by atoms with Crippen molar-refractivity contribution in [3.8, 4) is 0 Å². The van der Waals surface area contributed by atoms with E-state index in [1.165, 1.54) is 4.90 Å². The van der Waals surface area contributed by atoms with E-state index in [1.54, 1.807) is 14.0 Å². The topological polar surface area (TPSA) is 69.6 Å². The van der Waals surface area contributed by atoms with Crippen LogP contribution in [0, 0.1) is 13.8 Å². The first-order valence-electron chi connectivity index (χ1n) is 6.12. The quantitative estimate of drug-likeness (QED) is 0.848. The maximum Gasteiger partial charge on any atom is 0.320 e. The molecule has 1 unspecified atom stereocenters. The molecule has 0 heterocycles. The van der Waals surface area contributed by atoms with Crippen LogP contribution in [0.2, 0.25) is 0 Å². The number of hydrogen-bond acceptors (Lipinski definition) is 3. The van der Waals surface area contributed by atoms with Gasteiger partial charge >= 0.3 is 5.97 Å². The summed E-state index contributed by atoms with van der Waals surface area (Å²) in [6.07, 6.45) is 0. The summed E-state index contributed by atoms with van der Waals surface area (Å²) >= 11 is 0. The van der Waals surface area contributed by atoms with E-state index >= 15 is 0 Å². The highest BCUT2D eigenvalue weighted by Gasteiger charge is 2.19. The maximum atomic E-state index is 11.9. The van der Waals surface area contributed by atoms with Gasteiger partial charge in [-0.15, -0.1) is 0 Å². The molecule has 0 aliphatic carbocycles. The van der Waals surface area contributed by atoms with Crippen molar-refractivity contribution in [1.29, 1.82) is 0 Å². The molecule has 1 aromatic carbocycles. The van der Waals surface area contributed by atoms with Crippen LogP contribution in [-0.2, 0) is 9.59 Å². The van der Waals surface area contributed by atoms with Crippen molar-refractivity contribution in [2.24, 2.45) is 0 Å². The highest BCUT2D eigenvalue weighted by atomic mass is 16.4. The number of amides is 1. The molecule has 0 saturated heterocycles. The molecule has 1 atom stereocenters. The minimum atomic E-state index is -0.943. The van der Waals surface area contributed by atoms with Gasteiger partial charge in [-0.2, -0.15) is 0 Å². The molecule has 0 aliphatic heterocycles. The van der Waals surface area contributed by atoms with Gasteiger partial charge in [0, 0.05) is 5.69 Å². The van der Waals surface area contributed by atoms with Gasteiger partial charge < -0.3 is 10.4 Å². The summed E-state index contributed by atoms with van der Waals surface area (Å²) in [5.74, 6) is -1.16. The Kier molecular flexibility index (Phi) is 5.06. The molecule has 0 radical (unpaired) electrons. The number of aryl methyl sites for hydroxylation is 1. The number of aliphatic carboxylic acids is 1. The van der Waals surface area contributed by atoms with E-state index in [0.717, 1.165) is 16.8 Å². The van der Waals surface area contributed by atoms with Crippen molar-refractivity contribution in [1.82, 2.24) is 4.90 Å². The first-order chi connectivity index (χ1) is 8.82. The second-order valence-electron chi connectivity index (χ2n) is 4.72. The summed E-state index contributed by atoms with van der Waals surface area (Å²) in [4.78, 5) is 24.2. The number of carbonyl (C=O) groups is 2.